The van der Waals surface area contributed by atoms with Crippen molar-refractivity contribution in [1.29, 1.82) is 0 Å². The highest BCUT2D eigenvalue weighted by Crippen LogP contribution is 2.29. The summed E-state index contributed by atoms with van der Waals surface area (Å²) in [6.07, 6.45) is 3.10. The van der Waals surface area contributed by atoms with E-state index < -0.39 is 5.97 Å². The van der Waals surface area contributed by atoms with Gasteiger partial charge in [0.25, 0.3) is 0 Å². The summed E-state index contributed by atoms with van der Waals surface area (Å²) < 4.78 is 16.1. The predicted molar refractivity (Wildman–Crippen MR) is 112 cm³/mol. The maximum Gasteiger partial charge on any atom is 0.330 e. The van der Waals surface area contributed by atoms with Crippen molar-refractivity contribution in [2.45, 2.75) is 0 Å². The lowest BCUT2D eigenvalue weighted by molar-refractivity contribution is -0.134. The minimum atomic E-state index is -0.417. The molecule has 6 nitrogen and oxygen atoms in total. The molecular weight excluding hydrogens is 370 g/mol. The predicted octanol–water partition coefficient (Wildman–Crippen LogP) is 3.48. The van der Waals surface area contributed by atoms with E-state index in [9.17, 15) is 9.59 Å². The van der Waals surface area contributed by atoms with Crippen LogP contribution < -0.4 is 10.3 Å². The van der Waals surface area contributed by atoms with Gasteiger partial charge in [-0.1, -0.05) is 30.3 Å². The fourth-order valence-electron chi connectivity index (χ4n) is 3.38. The zero-order valence-electron chi connectivity index (χ0n) is 16.1. The number of carbonyl (C=O) groups excluding carboxylic acids is 1. The van der Waals surface area contributed by atoms with Crippen molar-refractivity contribution < 1.29 is 18.7 Å². The average Bonchev–Trinajstić information content (AvgIpc) is 2.77. The van der Waals surface area contributed by atoms with Gasteiger partial charge in [-0.3, -0.25) is 4.79 Å². The Hall–Kier alpha value is -3.38. The molecule has 148 valence electrons. The Morgan fingerprint density at radius 1 is 1.10 bits per heavy atom. The largest absolute Gasteiger partial charge is 0.466 e. The molecule has 29 heavy (non-hydrogen) atoms. The number of methoxy groups -OCH3 is 1. The summed E-state index contributed by atoms with van der Waals surface area (Å²) in [5, 5.41) is 0.536. The van der Waals surface area contributed by atoms with E-state index in [1.807, 2.05) is 41.3 Å². The SMILES string of the molecule is COC(=O)/C=C/c1ccccc1-c1ccc2c(=O)cc(N3CCOCC3)oc2c1. The van der Waals surface area contributed by atoms with Crippen molar-refractivity contribution in [2.75, 3.05) is 38.3 Å². The van der Waals surface area contributed by atoms with Crippen LogP contribution in [0.25, 0.3) is 28.2 Å². The standard InChI is InChI=1S/C23H21NO5/c1-27-23(26)9-7-16-4-2-3-5-18(16)17-6-8-19-20(25)15-22(29-21(19)14-17)24-10-12-28-13-11-24/h2-9,14-15H,10-13H2,1H3/b9-7+. The number of fused-ring (bicyclic) bond motifs is 1. The van der Waals surface area contributed by atoms with Crippen LogP contribution in [-0.2, 0) is 14.3 Å². The molecule has 1 aliphatic heterocycles. The monoisotopic (exact) mass is 391 g/mol. The highest BCUT2D eigenvalue weighted by atomic mass is 16.5. The number of rotatable bonds is 4. The van der Waals surface area contributed by atoms with Gasteiger partial charge in [0, 0.05) is 25.2 Å². The summed E-state index contributed by atoms with van der Waals surface area (Å²) in [4.78, 5) is 26.1. The van der Waals surface area contributed by atoms with E-state index >= 15 is 0 Å². The van der Waals surface area contributed by atoms with Gasteiger partial charge >= 0.3 is 5.97 Å². The molecule has 3 aromatic rings. The Kier molecular flexibility index (Phi) is 5.44. The second kappa shape index (κ2) is 8.32. The van der Waals surface area contributed by atoms with Gasteiger partial charge in [0.1, 0.15) is 5.58 Å². The second-order valence-electron chi connectivity index (χ2n) is 6.70. The highest BCUT2D eigenvalue weighted by molar-refractivity contribution is 5.90. The van der Waals surface area contributed by atoms with Crippen LogP contribution in [0.4, 0.5) is 5.88 Å². The summed E-state index contributed by atoms with van der Waals surface area (Å²) in [6, 6.07) is 14.8. The number of carbonyl (C=O) groups is 1. The number of hydrogen-bond donors (Lipinski definition) is 0. The number of anilines is 1. The molecule has 0 N–H and O–H groups in total. The first-order valence-corrected chi connectivity index (χ1v) is 9.42. The highest BCUT2D eigenvalue weighted by Gasteiger charge is 2.16. The minimum Gasteiger partial charge on any atom is -0.466 e. The first kappa shape index (κ1) is 19.0. The molecule has 1 saturated heterocycles. The average molecular weight is 391 g/mol. The molecule has 0 bridgehead atoms. The zero-order chi connectivity index (χ0) is 20.2. The van der Waals surface area contributed by atoms with E-state index in [1.165, 1.54) is 13.2 Å². The molecule has 1 fully saturated rings. The molecule has 0 atom stereocenters. The van der Waals surface area contributed by atoms with E-state index in [0.29, 0.717) is 43.2 Å². The van der Waals surface area contributed by atoms with Crippen molar-refractivity contribution in [3.8, 4) is 11.1 Å². The van der Waals surface area contributed by atoms with Crippen LogP contribution in [0.1, 0.15) is 5.56 Å². The van der Waals surface area contributed by atoms with Gasteiger partial charge in [-0.25, -0.2) is 4.79 Å². The van der Waals surface area contributed by atoms with E-state index in [-0.39, 0.29) is 5.43 Å². The van der Waals surface area contributed by atoms with E-state index in [2.05, 4.69) is 4.74 Å². The second-order valence-corrected chi connectivity index (χ2v) is 6.70. The number of morpholine rings is 1. The van der Waals surface area contributed by atoms with Crippen molar-refractivity contribution in [3.05, 3.63) is 70.4 Å². The van der Waals surface area contributed by atoms with Gasteiger partial charge in [0.05, 0.1) is 25.7 Å². The van der Waals surface area contributed by atoms with Crippen molar-refractivity contribution >= 4 is 28.9 Å². The molecule has 0 radical (unpaired) electrons. The fraction of sp³-hybridized carbons (Fsp3) is 0.217. The van der Waals surface area contributed by atoms with Crippen LogP contribution >= 0.6 is 0 Å². The number of benzene rings is 2. The van der Waals surface area contributed by atoms with Gasteiger partial charge in [-0.15, -0.1) is 0 Å². The summed E-state index contributed by atoms with van der Waals surface area (Å²) >= 11 is 0. The molecule has 0 unspecified atom stereocenters. The molecule has 6 heteroatoms. The Balaban J connectivity index is 1.77. The Morgan fingerprint density at radius 2 is 1.90 bits per heavy atom. The van der Waals surface area contributed by atoms with Crippen LogP contribution in [-0.4, -0.2) is 39.4 Å². The van der Waals surface area contributed by atoms with Gasteiger partial charge in [-0.05, 0) is 34.9 Å². The Bertz CT molecular complexity index is 1130. The molecular formula is C23H21NO5. The topological polar surface area (TPSA) is 69.0 Å². The van der Waals surface area contributed by atoms with E-state index in [4.69, 9.17) is 9.15 Å². The Morgan fingerprint density at radius 3 is 2.69 bits per heavy atom. The maximum atomic E-state index is 12.6. The number of nitrogens with zero attached hydrogens (tertiary/aromatic N) is 1. The quantitative estimate of drug-likeness (QED) is 0.501. The van der Waals surface area contributed by atoms with Crippen LogP contribution in [0, 0.1) is 0 Å². The molecule has 1 aromatic heterocycles. The number of hydrogen-bond acceptors (Lipinski definition) is 6. The van der Waals surface area contributed by atoms with Gasteiger partial charge < -0.3 is 18.8 Å². The first-order chi connectivity index (χ1) is 14.2. The van der Waals surface area contributed by atoms with Crippen LogP contribution in [0.3, 0.4) is 0 Å². The van der Waals surface area contributed by atoms with Crippen molar-refractivity contribution in [2.24, 2.45) is 0 Å². The molecule has 0 saturated carbocycles. The molecule has 0 spiro atoms. The normalized spacial score (nSPS) is 14.4. The van der Waals surface area contributed by atoms with Crippen molar-refractivity contribution in [3.63, 3.8) is 0 Å². The summed E-state index contributed by atoms with van der Waals surface area (Å²) in [7, 11) is 1.34. The van der Waals surface area contributed by atoms with Gasteiger partial charge in [0.2, 0.25) is 0 Å². The lowest BCUT2D eigenvalue weighted by Gasteiger charge is -2.27. The van der Waals surface area contributed by atoms with Crippen LogP contribution in [0.2, 0.25) is 0 Å². The number of esters is 1. The van der Waals surface area contributed by atoms with Gasteiger partial charge in [0.15, 0.2) is 11.3 Å². The lowest BCUT2D eigenvalue weighted by atomic mass is 9.98. The summed E-state index contributed by atoms with van der Waals surface area (Å²) in [5.41, 5.74) is 3.14. The maximum absolute atomic E-state index is 12.6. The summed E-state index contributed by atoms with van der Waals surface area (Å²) in [6.45, 7) is 2.61. The first-order valence-electron chi connectivity index (χ1n) is 9.42. The Labute approximate surface area is 168 Å². The van der Waals surface area contributed by atoms with Crippen molar-refractivity contribution in [1.82, 2.24) is 0 Å². The fourth-order valence-corrected chi connectivity index (χ4v) is 3.38. The van der Waals surface area contributed by atoms with E-state index in [0.717, 1.165) is 16.7 Å². The molecule has 2 aromatic carbocycles. The van der Waals surface area contributed by atoms with E-state index in [1.54, 1.807) is 18.2 Å². The van der Waals surface area contributed by atoms with Gasteiger partial charge in [-0.2, -0.15) is 0 Å². The third kappa shape index (κ3) is 4.07. The molecule has 4 rings (SSSR count). The molecule has 0 amide bonds. The number of ether oxygens (including phenoxy) is 2. The lowest BCUT2D eigenvalue weighted by Crippen LogP contribution is -2.36. The van der Waals surface area contributed by atoms with Crippen LogP contribution in [0.5, 0.6) is 0 Å². The smallest absolute Gasteiger partial charge is 0.330 e. The molecule has 0 aliphatic carbocycles. The molecule has 2 heterocycles. The molecule has 1 aliphatic rings. The third-order valence-corrected chi connectivity index (χ3v) is 4.91. The zero-order valence-corrected chi connectivity index (χ0v) is 16.1. The minimum absolute atomic E-state index is 0.0711. The summed E-state index contributed by atoms with van der Waals surface area (Å²) in [5.74, 6) is 0.140. The van der Waals surface area contributed by atoms with Crippen LogP contribution in [0.15, 0.2) is 63.8 Å². The third-order valence-electron chi connectivity index (χ3n) is 4.91.